The highest BCUT2D eigenvalue weighted by molar-refractivity contribution is 6.04. The second-order valence-electron chi connectivity index (χ2n) is 21.6. The topological polar surface area (TPSA) is 9.72 Å². The normalized spacial score (nSPS) is 12.1. The van der Waals surface area contributed by atoms with E-state index in [1.807, 2.05) is 0 Å². The van der Waals surface area contributed by atoms with E-state index < -0.39 is 0 Å². The number of benzene rings is 10. The number of nitrogens with zero attached hydrogens (tertiary/aromatic N) is 3. The summed E-state index contributed by atoms with van der Waals surface area (Å²) >= 11 is 0. The summed E-state index contributed by atoms with van der Waals surface area (Å²) in [4.78, 5) is 7.40. The molecule has 0 spiro atoms. The molecule has 342 valence electrons. The molecule has 0 saturated heterocycles. The Hall–Kier alpha value is -7.62. The lowest BCUT2D eigenvalue weighted by Crippen LogP contribution is -2.18. The monoisotopic (exact) mass is 898 g/mol. The van der Waals surface area contributed by atoms with Crippen LogP contribution in [0.3, 0.4) is 0 Å². The van der Waals surface area contributed by atoms with E-state index in [-0.39, 0.29) is 16.2 Å². The number of hydrogen-bond donors (Lipinski definition) is 0. The number of rotatable bonds is 9. The zero-order valence-electron chi connectivity index (χ0n) is 41.6. The Labute approximate surface area is 409 Å². The average Bonchev–Trinajstić information content (AvgIpc) is 3.34. The highest BCUT2D eigenvalue weighted by Crippen LogP contribution is 2.49. The van der Waals surface area contributed by atoms with E-state index >= 15 is 0 Å². The van der Waals surface area contributed by atoms with Crippen LogP contribution >= 0.6 is 0 Å². The first-order valence-electron chi connectivity index (χ1n) is 24.4. The first-order valence-corrected chi connectivity index (χ1v) is 24.4. The molecule has 0 atom stereocenters. The Morgan fingerprint density at radius 2 is 0.464 bits per heavy atom. The van der Waals surface area contributed by atoms with Gasteiger partial charge in [0.25, 0.3) is 0 Å². The van der Waals surface area contributed by atoms with Crippen molar-refractivity contribution in [3.8, 4) is 0 Å². The summed E-state index contributed by atoms with van der Waals surface area (Å²) in [5.41, 5.74) is 13.6. The van der Waals surface area contributed by atoms with Gasteiger partial charge < -0.3 is 14.7 Å². The van der Waals surface area contributed by atoms with Crippen LogP contribution in [0.5, 0.6) is 0 Å². The average molecular weight is 898 g/mol. The van der Waals surface area contributed by atoms with Crippen LogP contribution in [0.15, 0.2) is 218 Å². The third-order valence-corrected chi connectivity index (χ3v) is 13.7. The summed E-state index contributed by atoms with van der Waals surface area (Å²) in [5.74, 6) is 0. The number of anilines is 9. The maximum Gasteiger partial charge on any atom is 0.0540 e. The molecule has 0 saturated carbocycles. The fourth-order valence-electron chi connectivity index (χ4n) is 9.79. The van der Waals surface area contributed by atoms with Crippen molar-refractivity contribution in [3.05, 3.63) is 235 Å². The molecule has 0 fully saturated rings. The molecule has 0 amide bonds. The summed E-state index contributed by atoms with van der Waals surface area (Å²) in [7, 11) is 0. The molecule has 0 aliphatic rings. The van der Waals surface area contributed by atoms with Crippen LogP contribution in [0.25, 0.3) is 32.3 Å². The Morgan fingerprint density at radius 3 is 0.710 bits per heavy atom. The quantitative estimate of drug-likeness (QED) is 0.143. The minimum atomic E-state index is -0.00111. The predicted molar refractivity (Wildman–Crippen MR) is 299 cm³/mol. The highest BCUT2D eigenvalue weighted by atomic mass is 15.2. The summed E-state index contributed by atoms with van der Waals surface area (Å²) < 4.78 is 0. The molecule has 3 nitrogen and oxygen atoms in total. The summed E-state index contributed by atoms with van der Waals surface area (Å²) in [6, 6.07) is 81.1. The van der Waals surface area contributed by atoms with Gasteiger partial charge in [-0.05, 0) is 122 Å². The Bertz CT molecular complexity index is 3040. The minimum absolute atomic E-state index is 0.00111. The molecule has 0 unspecified atom stereocenters. The van der Waals surface area contributed by atoms with E-state index in [4.69, 9.17) is 0 Å². The van der Waals surface area contributed by atoms with E-state index in [0.717, 1.165) is 51.2 Å². The van der Waals surface area contributed by atoms with Crippen LogP contribution < -0.4 is 14.7 Å². The van der Waals surface area contributed by atoms with Crippen molar-refractivity contribution in [1.29, 1.82) is 0 Å². The number of fused-ring (bicyclic) bond motifs is 3. The van der Waals surface area contributed by atoms with Gasteiger partial charge in [-0.25, -0.2) is 0 Å². The summed E-state index contributed by atoms with van der Waals surface area (Å²) in [6.45, 7) is 20.6. The number of hydrogen-bond acceptors (Lipinski definition) is 3. The molecule has 0 bridgehead atoms. The SMILES string of the molecule is CC(C)(C)c1ccc(N(c2cc(N(c3ccc(C(C)(C)C)cc3)c3cccc4ccccc34)cc(N(c3ccc(C(C)(C)C)cc3)c3cccc4ccccc34)c2)c2cccc3ccccc23)cc1. The Kier molecular flexibility index (Phi) is 11.7. The van der Waals surface area contributed by atoms with Crippen molar-refractivity contribution in [1.82, 2.24) is 0 Å². The van der Waals surface area contributed by atoms with Gasteiger partial charge in [-0.3, -0.25) is 0 Å². The Balaban J connectivity index is 1.33. The van der Waals surface area contributed by atoms with Gasteiger partial charge in [0.1, 0.15) is 0 Å². The van der Waals surface area contributed by atoms with E-state index in [2.05, 4.69) is 295 Å². The fraction of sp³-hybridized carbons (Fsp3) is 0.182. The van der Waals surface area contributed by atoms with Gasteiger partial charge in [0.2, 0.25) is 0 Å². The van der Waals surface area contributed by atoms with Gasteiger partial charge in [0, 0.05) is 33.2 Å². The summed E-state index contributed by atoms with van der Waals surface area (Å²) in [6.07, 6.45) is 0. The van der Waals surface area contributed by atoms with Crippen LogP contribution in [-0.2, 0) is 16.2 Å². The molecule has 0 heterocycles. The lowest BCUT2D eigenvalue weighted by Gasteiger charge is -2.34. The fourth-order valence-corrected chi connectivity index (χ4v) is 9.79. The van der Waals surface area contributed by atoms with Crippen molar-refractivity contribution in [2.45, 2.75) is 78.6 Å². The van der Waals surface area contributed by atoms with Crippen molar-refractivity contribution in [2.75, 3.05) is 14.7 Å². The Morgan fingerprint density at radius 1 is 0.232 bits per heavy atom. The molecule has 69 heavy (non-hydrogen) atoms. The van der Waals surface area contributed by atoms with Gasteiger partial charge in [0.05, 0.1) is 34.1 Å². The maximum absolute atomic E-state index is 2.47. The van der Waals surface area contributed by atoms with Crippen molar-refractivity contribution >= 4 is 83.5 Å². The molecule has 3 heteroatoms. The molecule has 10 rings (SSSR count). The van der Waals surface area contributed by atoms with Gasteiger partial charge in [-0.15, -0.1) is 0 Å². The smallest absolute Gasteiger partial charge is 0.0540 e. The molecule has 10 aromatic rings. The van der Waals surface area contributed by atoms with E-state index in [1.165, 1.54) is 49.0 Å². The molecule has 0 aliphatic heterocycles. The van der Waals surface area contributed by atoms with Crippen LogP contribution in [0.2, 0.25) is 0 Å². The van der Waals surface area contributed by atoms with E-state index in [0.29, 0.717) is 0 Å². The molecule has 0 radical (unpaired) electrons. The standard InChI is InChI=1S/C66H63N3/c1-64(2,3)49-31-37-52(38-32-49)67(61-28-16-22-46-19-10-13-25-58(46)61)55-43-56(68(53-39-33-50(34-40-53)65(4,5)6)62-29-17-23-47-20-11-14-26-59(47)62)45-57(44-55)69(54-41-35-51(36-42-54)66(7,8)9)63-30-18-24-48-21-12-15-27-60(48)63/h10-45H,1-9H3. The third kappa shape index (κ3) is 8.98. The molecule has 0 aromatic heterocycles. The molecule has 0 aliphatic carbocycles. The first-order chi connectivity index (χ1) is 33.1. The van der Waals surface area contributed by atoms with Crippen molar-refractivity contribution in [2.24, 2.45) is 0 Å². The lowest BCUT2D eigenvalue weighted by molar-refractivity contribution is 0.590. The van der Waals surface area contributed by atoms with Gasteiger partial charge >= 0.3 is 0 Å². The van der Waals surface area contributed by atoms with Crippen LogP contribution in [-0.4, -0.2) is 0 Å². The molecule has 0 N–H and O–H groups in total. The molecular weight excluding hydrogens is 835 g/mol. The second kappa shape index (κ2) is 17.8. The molecular formula is C66H63N3. The van der Waals surface area contributed by atoms with Crippen molar-refractivity contribution < 1.29 is 0 Å². The van der Waals surface area contributed by atoms with E-state index in [1.54, 1.807) is 0 Å². The maximum atomic E-state index is 2.47. The first kappa shape index (κ1) is 45.2. The van der Waals surface area contributed by atoms with Crippen molar-refractivity contribution in [3.63, 3.8) is 0 Å². The molecule has 10 aromatic carbocycles. The zero-order valence-corrected chi connectivity index (χ0v) is 41.6. The minimum Gasteiger partial charge on any atom is -0.310 e. The largest absolute Gasteiger partial charge is 0.310 e. The lowest BCUT2D eigenvalue weighted by atomic mass is 9.87. The van der Waals surface area contributed by atoms with Crippen LogP contribution in [0, 0.1) is 0 Å². The van der Waals surface area contributed by atoms with Gasteiger partial charge in [0.15, 0.2) is 0 Å². The highest BCUT2D eigenvalue weighted by Gasteiger charge is 2.26. The summed E-state index contributed by atoms with van der Waals surface area (Å²) in [5, 5.41) is 7.11. The third-order valence-electron chi connectivity index (χ3n) is 13.7. The van der Waals surface area contributed by atoms with E-state index in [9.17, 15) is 0 Å². The van der Waals surface area contributed by atoms with Gasteiger partial charge in [-0.2, -0.15) is 0 Å². The van der Waals surface area contributed by atoms with Crippen LogP contribution in [0.4, 0.5) is 51.2 Å². The predicted octanol–water partition coefficient (Wildman–Crippen LogP) is 19.4. The zero-order chi connectivity index (χ0) is 48.1. The van der Waals surface area contributed by atoms with Crippen LogP contribution in [0.1, 0.15) is 79.0 Å². The second-order valence-corrected chi connectivity index (χ2v) is 21.6. The van der Waals surface area contributed by atoms with Gasteiger partial charge in [-0.1, -0.05) is 208 Å².